The second kappa shape index (κ2) is 3.85. The molecule has 4 rings (SSSR count). The number of ether oxygens (including phenoxy) is 1. The maximum atomic E-state index is 12.2. The highest BCUT2D eigenvalue weighted by Gasteiger charge is 2.37. The summed E-state index contributed by atoms with van der Waals surface area (Å²) in [5, 5.41) is 2.94. The molecule has 0 aromatic heterocycles. The van der Waals surface area contributed by atoms with E-state index in [-0.39, 0.29) is 11.8 Å². The number of hydrogen-bond donors (Lipinski definition) is 1. The zero-order valence-electron chi connectivity index (χ0n) is 10.3. The molecule has 1 saturated heterocycles. The molecule has 1 unspecified atom stereocenters. The average molecular weight is 251 g/mol. The molecule has 2 aliphatic heterocycles. The van der Waals surface area contributed by atoms with Gasteiger partial charge in [0.1, 0.15) is 11.5 Å². The van der Waals surface area contributed by atoms with Crippen molar-refractivity contribution in [3.63, 3.8) is 0 Å². The standard InChI is InChI=1S/C16H13NO2/c18-16-15(11-6-2-3-7-12(11)17-16)14-9-10-5-1-4-8-13(10)19-14/h1-5,7-8,11H,6,9H2,(H,17,18). The SMILES string of the molecule is O=C1NC2=CC=CCC2C1=C1Cc2ccccc2O1. The van der Waals surface area contributed by atoms with E-state index in [2.05, 4.69) is 11.4 Å². The predicted molar refractivity (Wildman–Crippen MR) is 71.3 cm³/mol. The molecule has 0 radical (unpaired) electrons. The largest absolute Gasteiger partial charge is 0.461 e. The molecule has 1 amide bonds. The Hall–Kier alpha value is -2.29. The lowest BCUT2D eigenvalue weighted by Crippen LogP contribution is -2.14. The van der Waals surface area contributed by atoms with Crippen molar-refractivity contribution in [1.29, 1.82) is 0 Å². The summed E-state index contributed by atoms with van der Waals surface area (Å²) in [6.07, 6.45) is 7.64. The van der Waals surface area contributed by atoms with Gasteiger partial charge in [-0.1, -0.05) is 30.4 Å². The first-order valence-electron chi connectivity index (χ1n) is 6.50. The van der Waals surface area contributed by atoms with Crippen LogP contribution in [-0.2, 0) is 11.2 Å². The van der Waals surface area contributed by atoms with Crippen molar-refractivity contribution in [3.8, 4) is 5.75 Å². The van der Waals surface area contributed by atoms with E-state index in [1.54, 1.807) is 0 Å². The van der Waals surface area contributed by atoms with Crippen molar-refractivity contribution < 1.29 is 9.53 Å². The van der Waals surface area contributed by atoms with Gasteiger partial charge < -0.3 is 10.1 Å². The van der Waals surface area contributed by atoms with Gasteiger partial charge in [-0.15, -0.1) is 0 Å². The number of amides is 1. The maximum Gasteiger partial charge on any atom is 0.255 e. The number of fused-ring (bicyclic) bond motifs is 2. The first-order valence-corrected chi connectivity index (χ1v) is 6.50. The highest BCUT2D eigenvalue weighted by molar-refractivity contribution is 6.00. The minimum atomic E-state index is -0.0113. The molecule has 19 heavy (non-hydrogen) atoms. The first kappa shape index (κ1) is 10.6. The van der Waals surface area contributed by atoms with Crippen LogP contribution < -0.4 is 10.1 Å². The Labute approximate surface area is 111 Å². The van der Waals surface area contributed by atoms with Gasteiger partial charge in [-0.05, 0) is 18.6 Å². The number of carbonyl (C=O) groups excluding carboxylic acids is 1. The smallest absolute Gasteiger partial charge is 0.255 e. The van der Waals surface area contributed by atoms with E-state index in [0.29, 0.717) is 6.42 Å². The van der Waals surface area contributed by atoms with Gasteiger partial charge >= 0.3 is 0 Å². The number of hydrogen-bond acceptors (Lipinski definition) is 2. The molecule has 1 fully saturated rings. The Morgan fingerprint density at radius 2 is 2.16 bits per heavy atom. The number of nitrogens with one attached hydrogen (secondary N) is 1. The summed E-state index contributed by atoms with van der Waals surface area (Å²) in [5.41, 5.74) is 2.95. The van der Waals surface area contributed by atoms with Gasteiger partial charge in [0.2, 0.25) is 0 Å². The maximum absolute atomic E-state index is 12.2. The highest BCUT2D eigenvalue weighted by Crippen LogP contribution is 2.39. The summed E-state index contributed by atoms with van der Waals surface area (Å²) in [4.78, 5) is 12.2. The van der Waals surface area contributed by atoms with E-state index in [1.165, 1.54) is 0 Å². The fourth-order valence-electron chi connectivity index (χ4n) is 2.95. The normalized spacial score (nSPS) is 27.5. The molecule has 94 valence electrons. The average Bonchev–Trinajstić information content (AvgIpc) is 2.97. The third-order valence-corrected chi connectivity index (χ3v) is 3.87. The van der Waals surface area contributed by atoms with Crippen LogP contribution >= 0.6 is 0 Å². The molecular weight excluding hydrogens is 238 g/mol. The topological polar surface area (TPSA) is 38.3 Å². The van der Waals surface area contributed by atoms with E-state index in [4.69, 9.17) is 4.74 Å². The second-order valence-corrected chi connectivity index (χ2v) is 5.02. The fraction of sp³-hybridized carbons (Fsp3) is 0.188. The number of para-hydroxylation sites is 1. The number of allylic oxidation sites excluding steroid dienone is 5. The van der Waals surface area contributed by atoms with E-state index >= 15 is 0 Å². The van der Waals surface area contributed by atoms with Crippen molar-refractivity contribution in [2.75, 3.05) is 0 Å². The van der Waals surface area contributed by atoms with Gasteiger partial charge in [-0.3, -0.25) is 4.79 Å². The summed E-state index contributed by atoms with van der Waals surface area (Å²) in [6, 6.07) is 7.95. The van der Waals surface area contributed by atoms with Crippen LogP contribution in [-0.4, -0.2) is 5.91 Å². The third-order valence-electron chi connectivity index (χ3n) is 3.87. The van der Waals surface area contributed by atoms with Gasteiger partial charge in [-0.25, -0.2) is 0 Å². The summed E-state index contributed by atoms with van der Waals surface area (Å²) in [7, 11) is 0. The van der Waals surface area contributed by atoms with Gasteiger partial charge in [0.25, 0.3) is 5.91 Å². The summed E-state index contributed by atoms with van der Waals surface area (Å²) >= 11 is 0. The Kier molecular flexibility index (Phi) is 2.15. The molecular formula is C16H13NO2. The minimum Gasteiger partial charge on any atom is -0.461 e. The van der Waals surface area contributed by atoms with Crippen molar-refractivity contribution >= 4 is 5.91 Å². The van der Waals surface area contributed by atoms with E-state index in [9.17, 15) is 4.79 Å². The predicted octanol–water partition coefficient (Wildman–Crippen LogP) is 2.47. The quantitative estimate of drug-likeness (QED) is 0.719. The minimum absolute atomic E-state index is 0.0113. The Bertz CT molecular complexity index is 640. The summed E-state index contributed by atoms with van der Waals surface area (Å²) in [6.45, 7) is 0. The molecule has 1 aliphatic carbocycles. The van der Waals surface area contributed by atoms with Gasteiger partial charge in [0, 0.05) is 23.6 Å². The molecule has 2 heterocycles. The molecule has 0 saturated carbocycles. The summed E-state index contributed by atoms with van der Waals surface area (Å²) in [5.74, 6) is 1.81. The molecule has 0 bridgehead atoms. The molecule has 3 heteroatoms. The highest BCUT2D eigenvalue weighted by atomic mass is 16.5. The third kappa shape index (κ3) is 1.55. The monoisotopic (exact) mass is 251 g/mol. The van der Waals surface area contributed by atoms with E-state index in [1.807, 2.05) is 36.4 Å². The zero-order chi connectivity index (χ0) is 12.8. The lowest BCUT2D eigenvalue weighted by atomic mass is 9.91. The second-order valence-electron chi connectivity index (χ2n) is 5.02. The molecule has 1 aromatic carbocycles. The van der Waals surface area contributed by atoms with Crippen LogP contribution in [0.2, 0.25) is 0 Å². The van der Waals surface area contributed by atoms with E-state index in [0.717, 1.165) is 34.8 Å². The van der Waals surface area contributed by atoms with Crippen LogP contribution in [0.25, 0.3) is 0 Å². The Morgan fingerprint density at radius 3 is 3.05 bits per heavy atom. The zero-order valence-corrected chi connectivity index (χ0v) is 10.3. The molecule has 3 aliphatic rings. The van der Waals surface area contributed by atoms with Crippen molar-refractivity contribution in [2.24, 2.45) is 5.92 Å². The van der Waals surface area contributed by atoms with E-state index < -0.39 is 0 Å². The molecule has 3 nitrogen and oxygen atoms in total. The molecule has 0 spiro atoms. The number of rotatable bonds is 0. The van der Waals surface area contributed by atoms with Crippen LogP contribution in [0, 0.1) is 5.92 Å². The number of carbonyl (C=O) groups is 1. The van der Waals surface area contributed by atoms with Gasteiger partial charge in [-0.2, -0.15) is 0 Å². The molecule has 1 N–H and O–H groups in total. The van der Waals surface area contributed by atoms with Crippen molar-refractivity contribution in [2.45, 2.75) is 12.8 Å². The fourth-order valence-corrected chi connectivity index (χ4v) is 2.95. The van der Waals surface area contributed by atoms with Gasteiger partial charge in [0.15, 0.2) is 0 Å². The van der Waals surface area contributed by atoms with Gasteiger partial charge in [0.05, 0.1) is 5.57 Å². The molecule has 1 atom stereocenters. The first-order chi connectivity index (χ1) is 9.33. The van der Waals surface area contributed by atoms with Crippen LogP contribution in [0.4, 0.5) is 0 Å². The van der Waals surface area contributed by atoms with Crippen LogP contribution in [0.15, 0.2) is 59.5 Å². The lowest BCUT2D eigenvalue weighted by Gasteiger charge is -2.13. The Morgan fingerprint density at radius 1 is 1.26 bits per heavy atom. The lowest BCUT2D eigenvalue weighted by molar-refractivity contribution is -0.116. The van der Waals surface area contributed by atoms with Crippen molar-refractivity contribution in [1.82, 2.24) is 5.32 Å². The molecule has 1 aromatic rings. The number of benzene rings is 1. The Balaban J connectivity index is 1.77. The van der Waals surface area contributed by atoms with Crippen LogP contribution in [0.5, 0.6) is 5.75 Å². The van der Waals surface area contributed by atoms with Crippen molar-refractivity contribution in [3.05, 3.63) is 65.1 Å². The van der Waals surface area contributed by atoms with Crippen LogP contribution in [0.1, 0.15) is 12.0 Å². The summed E-state index contributed by atoms with van der Waals surface area (Å²) < 4.78 is 5.88. The van der Waals surface area contributed by atoms with Crippen LogP contribution in [0.3, 0.4) is 0 Å².